The molecule has 0 saturated heterocycles. The van der Waals surface area contributed by atoms with Gasteiger partial charge in [0.05, 0.1) is 5.56 Å². The Balaban J connectivity index is 2.37. The highest BCUT2D eigenvalue weighted by Crippen LogP contribution is 2.20. The average molecular weight is 241 g/mol. The molecule has 1 heterocycles. The van der Waals surface area contributed by atoms with Crippen LogP contribution in [0.3, 0.4) is 0 Å². The minimum atomic E-state index is -0.202. The second-order valence-electron chi connectivity index (χ2n) is 3.04. The largest absolute Gasteiger partial charge is 0.458 e. The SMILES string of the molecule is O=C1OC(CBr)Cc2ccccc21. The van der Waals surface area contributed by atoms with Crippen LogP contribution in [0.5, 0.6) is 0 Å². The van der Waals surface area contributed by atoms with E-state index in [1.165, 1.54) is 0 Å². The Labute approximate surface area is 85.0 Å². The normalized spacial score (nSPS) is 20.7. The summed E-state index contributed by atoms with van der Waals surface area (Å²) in [4.78, 5) is 11.4. The summed E-state index contributed by atoms with van der Waals surface area (Å²) in [5.74, 6) is -0.202. The second-order valence-corrected chi connectivity index (χ2v) is 3.69. The lowest BCUT2D eigenvalue weighted by molar-refractivity contribution is 0.0313. The van der Waals surface area contributed by atoms with E-state index in [2.05, 4.69) is 15.9 Å². The zero-order valence-electron chi connectivity index (χ0n) is 7.00. The first-order valence-electron chi connectivity index (χ1n) is 4.16. The van der Waals surface area contributed by atoms with E-state index in [4.69, 9.17) is 4.74 Å². The van der Waals surface area contributed by atoms with Gasteiger partial charge in [0.25, 0.3) is 0 Å². The maximum atomic E-state index is 11.4. The first-order chi connectivity index (χ1) is 6.31. The van der Waals surface area contributed by atoms with Crippen LogP contribution in [0.25, 0.3) is 0 Å². The summed E-state index contributed by atoms with van der Waals surface area (Å²) in [7, 11) is 0. The van der Waals surface area contributed by atoms with E-state index in [0.717, 1.165) is 12.0 Å². The third-order valence-corrected chi connectivity index (χ3v) is 2.85. The molecular formula is C10H9BrO2. The molecule has 0 aromatic heterocycles. The lowest BCUT2D eigenvalue weighted by atomic mass is 10.00. The van der Waals surface area contributed by atoms with Gasteiger partial charge in [-0.3, -0.25) is 0 Å². The van der Waals surface area contributed by atoms with Gasteiger partial charge in [-0.1, -0.05) is 34.1 Å². The van der Waals surface area contributed by atoms with Gasteiger partial charge < -0.3 is 4.74 Å². The van der Waals surface area contributed by atoms with Crippen LogP contribution in [0.15, 0.2) is 24.3 Å². The molecule has 1 aliphatic rings. The number of hydrogen-bond acceptors (Lipinski definition) is 2. The van der Waals surface area contributed by atoms with Crippen molar-refractivity contribution < 1.29 is 9.53 Å². The standard InChI is InChI=1S/C10H9BrO2/c11-6-8-5-7-3-1-2-4-9(7)10(12)13-8/h1-4,8H,5-6H2. The lowest BCUT2D eigenvalue weighted by Gasteiger charge is -2.22. The summed E-state index contributed by atoms with van der Waals surface area (Å²) >= 11 is 3.31. The van der Waals surface area contributed by atoms with Crippen LogP contribution in [-0.4, -0.2) is 17.4 Å². The van der Waals surface area contributed by atoms with Crippen molar-refractivity contribution in [2.75, 3.05) is 5.33 Å². The molecule has 0 fully saturated rings. The number of benzene rings is 1. The maximum absolute atomic E-state index is 11.4. The van der Waals surface area contributed by atoms with Gasteiger partial charge in [-0.05, 0) is 11.6 Å². The number of halogens is 1. The summed E-state index contributed by atoms with van der Waals surface area (Å²) in [5.41, 5.74) is 1.79. The van der Waals surface area contributed by atoms with Gasteiger partial charge >= 0.3 is 5.97 Å². The van der Waals surface area contributed by atoms with Crippen LogP contribution >= 0.6 is 15.9 Å². The number of hydrogen-bond donors (Lipinski definition) is 0. The van der Waals surface area contributed by atoms with Crippen molar-refractivity contribution in [3.05, 3.63) is 35.4 Å². The molecule has 0 bridgehead atoms. The van der Waals surface area contributed by atoms with Crippen LogP contribution in [0, 0.1) is 0 Å². The van der Waals surface area contributed by atoms with E-state index < -0.39 is 0 Å². The molecule has 3 heteroatoms. The summed E-state index contributed by atoms with van der Waals surface area (Å²) in [6.45, 7) is 0. The molecule has 1 unspecified atom stereocenters. The molecule has 0 amide bonds. The van der Waals surface area contributed by atoms with Gasteiger partial charge in [-0.25, -0.2) is 4.79 Å². The van der Waals surface area contributed by atoms with Crippen LogP contribution in [0.1, 0.15) is 15.9 Å². The average Bonchev–Trinajstić information content (AvgIpc) is 2.18. The predicted molar refractivity (Wildman–Crippen MR) is 53.1 cm³/mol. The van der Waals surface area contributed by atoms with Gasteiger partial charge in [0, 0.05) is 11.8 Å². The van der Waals surface area contributed by atoms with Crippen molar-refractivity contribution in [2.24, 2.45) is 0 Å². The molecule has 13 heavy (non-hydrogen) atoms. The van der Waals surface area contributed by atoms with Crippen molar-refractivity contribution in [1.29, 1.82) is 0 Å². The Morgan fingerprint density at radius 1 is 1.46 bits per heavy atom. The molecule has 1 aliphatic heterocycles. The number of carbonyl (C=O) groups is 1. The number of esters is 1. The summed E-state index contributed by atoms with van der Waals surface area (Å²) in [6.07, 6.45) is 0.801. The number of fused-ring (bicyclic) bond motifs is 1. The molecule has 1 aromatic rings. The molecule has 1 aromatic carbocycles. The molecular weight excluding hydrogens is 232 g/mol. The van der Waals surface area contributed by atoms with Gasteiger partial charge in [0.1, 0.15) is 6.10 Å². The van der Waals surface area contributed by atoms with Crippen molar-refractivity contribution in [1.82, 2.24) is 0 Å². The monoisotopic (exact) mass is 240 g/mol. The molecule has 1 atom stereocenters. The Bertz CT molecular complexity index is 335. The summed E-state index contributed by atoms with van der Waals surface area (Å²) in [6, 6.07) is 7.59. The fourth-order valence-electron chi connectivity index (χ4n) is 1.49. The number of cyclic esters (lactones) is 1. The first-order valence-corrected chi connectivity index (χ1v) is 5.28. The molecule has 0 spiro atoms. The Morgan fingerprint density at radius 3 is 3.00 bits per heavy atom. The fraction of sp³-hybridized carbons (Fsp3) is 0.300. The van der Waals surface area contributed by atoms with Gasteiger partial charge in [0.2, 0.25) is 0 Å². The molecule has 0 radical (unpaired) electrons. The van der Waals surface area contributed by atoms with Crippen molar-refractivity contribution >= 4 is 21.9 Å². The quantitative estimate of drug-likeness (QED) is 0.556. The molecule has 2 nitrogen and oxygen atoms in total. The van der Waals surface area contributed by atoms with Crippen molar-refractivity contribution in [2.45, 2.75) is 12.5 Å². The number of rotatable bonds is 1. The predicted octanol–water partition coefficient (Wildman–Crippen LogP) is 2.16. The zero-order valence-corrected chi connectivity index (χ0v) is 8.58. The lowest BCUT2D eigenvalue weighted by Crippen LogP contribution is -2.28. The van der Waals surface area contributed by atoms with E-state index in [0.29, 0.717) is 10.9 Å². The molecule has 0 aliphatic carbocycles. The highest BCUT2D eigenvalue weighted by Gasteiger charge is 2.24. The Hall–Kier alpha value is -0.830. The van der Waals surface area contributed by atoms with E-state index in [9.17, 15) is 4.79 Å². The highest BCUT2D eigenvalue weighted by molar-refractivity contribution is 9.09. The number of ether oxygens (including phenoxy) is 1. The number of carbonyl (C=O) groups excluding carboxylic acids is 1. The van der Waals surface area contributed by atoms with Gasteiger partial charge in [0.15, 0.2) is 0 Å². The summed E-state index contributed by atoms with van der Waals surface area (Å²) < 4.78 is 5.18. The zero-order chi connectivity index (χ0) is 9.26. The van der Waals surface area contributed by atoms with Crippen LogP contribution in [0.2, 0.25) is 0 Å². The smallest absolute Gasteiger partial charge is 0.338 e. The number of alkyl halides is 1. The third-order valence-electron chi connectivity index (χ3n) is 2.13. The highest BCUT2D eigenvalue weighted by atomic mass is 79.9. The summed E-state index contributed by atoms with van der Waals surface area (Å²) in [5, 5.41) is 0.701. The van der Waals surface area contributed by atoms with E-state index >= 15 is 0 Å². The second kappa shape index (κ2) is 3.50. The van der Waals surface area contributed by atoms with E-state index in [1.54, 1.807) is 0 Å². The minimum absolute atomic E-state index is 0.0117. The molecule has 2 rings (SSSR count). The Morgan fingerprint density at radius 2 is 2.23 bits per heavy atom. The van der Waals surface area contributed by atoms with E-state index in [-0.39, 0.29) is 12.1 Å². The van der Waals surface area contributed by atoms with Gasteiger partial charge in [-0.15, -0.1) is 0 Å². The van der Waals surface area contributed by atoms with Crippen molar-refractivity contribution in [3.63, 3.8) is 0 Å². The minimum Gasteiger partial charge on any atom is -0.458 e. The molecule has 0 saturated carbocycles. The first kappa shape index (κ1) is 8.75. The van der Waals surface area contributed by atoms with Crippen molar-refractivity contribution in [3.8, 4) is 0 Å². The van der Waals surface area contributed by atoms with Crippen LogP contribution in [0.4, 0.5) is 0 Å². The topological polar surface area (TPSA) is 26.3 Å². The maximum Gasteiger partial charge on any atom is 0.338 e. The third kappa shape index (κ3) is 1.61. The Kier molecular flexibility index (Phi) is 2.36. The van der Waals surface area contributed by atoms with E-state index in [1.807, 2.05) is 24.3 Å². The fourth-order valence-corrected chi connectivity index (χ4v) is 1.85. The van der Waals surface area contributed by atoms with Crippen LogP contribution < -0.4 is 0 Å². The molecule has 0 N–H and O–H groups in total. The van der Waals surface area contributed by atoms with Gasteiger partial charge in [-0.2, -0.15) is 0 Å². The molecule has 68 valence electrons. The van der Waals surface area contributed by atoms with Crippen LogP contribution in [-0.2, 0) is 11.2 Å².